The van der Waals surface area contributed by atoms with Gasteiger partial charge in [0.1, 0.15) is 0 Å². The maximum absolute atomic E-state index is 4.74. The van der Waals surface area contributed by atoms with Gasteiger partial charge >= 0.3 is 0 Å². The molecule has 0 atom stereocenters. The Bertz CT molecular complexity index is 2160. The molecule has 6 aromatic rings. The summed E-state index contributed by atoms with van der Waals surface area (Å²) in [5, 5.41) is 0. The van der Waals surface area contributed by atoms with Crippen LogP contribution in [0.1, 0.15) is 43.0 Å². The summed E-state index contributed by atoms with van der Waals surface area (Å²) in [6.07, 6.45) is 4.88. The monoisotopic (exact) mass is 831 g/mol. The zero-order valence-corrected chi connectivity index (χ0v) is 32.6. The third kappa shape index (κ3) is 6.80. The number of benzene rings is 4. The molecule has 2 aliphatic heterocycles. The molecule has 0 saturated carbocycles. The molecule has 4 nitrogen and oxygen atoms in total. The molecular weight excluding hydrogens is 788 g/mol. The average molecular weight is 831 g/mol. The molecule has 0 N–H and O–H groups in total. The van der Waals surface area contributed by atoms with Crippen molar-refractivity contribution in [2.45, 2.75) is 48.0 Å². The molecule has 0 fully saturated rings. The molecule has 0 unspecified atom stereocenters. The summed E-state index contributed by atoms with van der Waals surface area (Å²) in [5.41, 5.74) is 18.5. The molecule has 0 amide bonds. The number of fused-ring (bicyclic) bond motifs is 4. The Kier molecular flexibility index (Phi) is 9.90. The molecule has 6 heteroatoms. The Hall–Kier alpha value is -4.51. The van der Waals surface area contributed by atoms with Crippen LogP contribution in [0.3, 0.4) is 0 Å². The smallest absolute Gasteiger partial charge is 0.233 e. The molecule has 0 aliphatic carbocycles. The average Bonchev–Trinajstić information content (AvgIpc) is 3.09. The van der Waals surface area contributed by atoms with Crippen LogP contribution in [0, 0.1) is 38.3 Å². The maximum atomic E-state index is 4.74. The van der Waals surface area contributed by atoms with Gasteiger partial charge in [0.2, 0.25) is 6.71 Å². The number of hydrogen-bond acceptors (Lipinski definition) is 4. The van der Waals surface area contributed by atoms with E-state index in [1.807, 2.05) is 18.5 Å². The number of anilines is 4. The topological polar surface area (TPSA) is 32.3 Å². The van der Waals surface area contributed by atoms with E-state index in [2.05, 4.69) is 167 Å². The van der Waals surface area contributed by atoms with Gasteiger partial charge in [-0.3, -0.25) is 0 Å². The Morgan fingerprint density at radius 1 is 0.660 bits per heavy atom. The van der Waals surface area contributed by atoms with Crippen LogP contribution in [0.4, 0.5) is 22.7 Å². The first-order chi connectivity index (χ1) is 23.5. The van der Waals surface area contributed by atoms with E-state index in [-0.39, 0.29) is 32.2 Å². The largest absolute Gasteiger partial charge is 0.385 e. The van der Waals surface area contributed by atoms with Crippen LogP contribution >= 0.6 is 0 Å². The standard InChI is InChI=1S/C30H29BN3.C14H14N.Ir/c1-30(2,3)19-20-15-16-32-24(17-20)21-13-14-26-23(18-21)31-22-9-6-7-10-25(22)33(4)27-11-8-12-28(29(27)31)34(26)5;1-10-4-6-13(7-5-10)14-8-11(2)12(3)9-15-14;/h6-12,14-18H,19H2,1-5H3;4-6,8-9H,1-3H3;/q2*-1;. The van der Waals surface area contributed by atoms with Crippen molar-refractivity contribution in [2.24, 2.45) is 5.41 Å². The summed E-state index contributed by atoms with van der Waals surface area (Å²) in [6, 6.07) is 39.3. The van der Waals surface area contributed by atoms with E-state index in [0.29, 0.717) is 0 Å². The molecule has 2 aromatic heterocycles. The molecular formula is C44H43BIrN4-2. The summed E-state index contributed by atoms with van der Waals surface area (Å²) < 4.78 is 0. The van der Waals surface area contributed by atoms with Gasteiger partial charge in [-0.2, -0.15) is 0 Å². The fourth-order valence-corrected chi connectivity index (χ4v) is 7.14. The minimum Gasteiger partial charge on any atom is -0.385 e. The van der Waals surface area contributed by atoms with E-state index in [9.17, 15) is 0 Å². The number of pyridine rings is 2. The van der Waals surface area contributed by atoms with Crippen LogP contribution in [0.2, 0.25) is 0 Å². The Balaban J connectivity index is 0.000000227. The van der Waals surface area contributed by atoms with Crippen LogP contribution in [0.25, 0.3) is 22.5 Å². The second-order valence-electron chi connectivity index (χ2n) is 14.7. The quantitative estimate of drug-likeness (QED) is 0.133. The van der Waals surface area contributed by atoms with Crippen molar-refractivity contribution >= 4 is 45.9 Å². The van der Waals surface area contributed by atoms with Crippen LogP contribution in [-0.4, -0.2) is 30.8 Å². The van der Waals surface area contributed by atoms with Crippen LogP contribution in [0.5, 0.6) is 0 Å². The maximum Gasteiger partial charge on any atom is 0.233 e. The Morgan fingerprint density at radius 2 is 1.34 bits per heavy atom. The SMILES string of the molecule is CN1c2c[c-]c(-c3cc(CC(C)(C)C)ccn3)cc2B2c3ccccc3N(C)c3cccc1c32.Cc1c[c-]c(-c2cc(C)c(C)cn2)cc1.[Ir]. The molecule has 253 valence electrons. The van der Waals surface area contributed by atoms with Crippen LogP contribution < -0.4 is 26.2 Å². The first kappa shape index (κ1) is 35.3. The summed E-state index contributed by atoms with van der Waals surface area (Å²) >= 11 is 0. The van der Waals surface area contributed by atoms with Gasteiger partial charge in [-0.1, -0.05) is 75.2 Å². The van der Waals surface area contributed by atoms with Gasteiger partial charge in [-0.25, -0.2) is 0 Å². The zero-order chi connectivity index (χ0) is 34.4. The molecule has 50 heavy (non-hydrogen) atoms. The minimum atomic E-state index is 0. The van der Waals surface area contributed by atoms with E-state index in [1.165, 1.54) is 61.4 Å². The van der Waals surface area contributed by atoms with Crippen molar-refractivity contribution in [3.05, 3.63) is 138 Å². The molecule has 4 heterocycles. The molecule has 8 rings (SSSR count). The second kappa shape index (κ2) is 14.0. The molecule has 2 aliphatic rings. The summed E-state index contributed by atoms with van der Waals surface area (Å²) in [4.78, 5) is 13.8. The van der Waals surface area contributed by atoms with Gasteiger partial charge in [0, 0.05) is 63.7 Å². The Labute approximate surface area is 312 Å². The number of rotatable bonds is 3. The van der Waals surface area contributed by atoms with Crippen molar-refractivity contribution in [1.29, 1.82) is 0 Å². The summed E-state index contributed by atoms with van der Waals surface area (Å²) in [6.45, 7) is 13.3. The van der Waals surface area contributed by atoms with Crippen molar-refractivity contribution in [2.75, 3.05) is 23.9 Å². The summed E-state index contributed by atoms with van der Waals surface area (Å²) in [5.74, 6) is 0. The number of aromatic nitrogens is 2. The molecule has 0 saturated heterocycles. The fraction of sp³-hybridized carbons (Fsp3) is 0.227. The fourth-order valence-electron chi connectivity index (χ4n) is 7.14. The minimum absolute atomic E-state index is 0. The number of hydrogen-bond donors (Lipinski definition) is 0. The van der Waals surface area contributed by atoms with Gasteiger partial charge in [-0.15, -0.1) is 64.6 Å². The molecule has 0 spiro atoms. The van der Waals surface area contributed by atoms with E-state index in [0.717, 1.165) is 28.9 Å². The number of nitrogens with zero attached hydrogens (tertiary/aromatic N) is 4. The zero-order valence-electron chi connectivity index (χ0n) is 30.2. The second-order valence-corrected chi connectivity index (χ2v) is 14.7. The van der Waals surface area contributed by atoms with Crippen molar-refractivity contribution in [1.82, 2.24) is 9.97 Å². The van der Waals surface area contributed by atoms with E-state index < -0.39 is 0 Å². The van der Waals surface area contributed by atoms with Gasteiger partial charge in [-0.05, 0) is 83.5 Å². The third-order valence-corrected chi connectivity index (χ3v) is 9.76. The number of para-hydroxylation sites is 1. The van der Waals surface area contributed by atoms with Gasteiger partial charge < -0.3 is 19.8 Å². The van der Waals surface area contributed by atoms with Crippen molar-refractivity contribution < 1.29 is 20.1 Å². The van der Waals surface area contributed by atoms with Gasteiger partial charge in [0.25, 0.3) is 0 Å². The van der Waals surface area contributed by atoms with Crippen molar-refractivity contribution in [3.8, 4) is 22.5 Å². The van der Waals surface area contributed by atoms with Gasteiger partial charge in [0.05, 0.1) is 0 Å². The normalized spacial score (nSPS) is 12.6. The summed E-state index contributed by atoms with van der Waals surface area (Å²) in [7, 11) is 4.34. The predicted molar refractivity (Wildman–Crippen MR) is 208 cm³/mol. The third-order valence-electron chi connectivity index (χ3n) is 9.76. The van der Waals surface area contributed by atoms with E-state index in [1.54, 1.807) is 0 Å². The molecule has 1 radical (unpaired) electrons. The van der Waals surface area contributed by atoms with Crippen LogP contribution in [-0.2, 0) is 26.5 Å². The Morgan fingerprint density at radius 3 is 2.04 bits per heavy atom. The van der Waals surface area contributed by atoms with E-state index in [4.69, 9.17) is 4.98 Å². The first-order valence-electron chi connectivity index (χ1n) is 17.1. The van der Waals surface area contributed by atoms with E-state index >= 15 is 0 Å². The van der Waals surface area contributed by atoms with Crippen molar-refractivity contribution in [3.63, 3.8) is 0 Å². The number of aryl methyl sites for hydroxylation is 3. The first-order valence-corrected chi connectivity index (χ1v) is 17.1. The molecule has 0 bridgehead atoms. The van der Waals surface area contributed by atoms with Gasteiger partial charge in [0.15, 0.2) is 0 Å². The van der Waals surface area contributed by atoms with Crippen LogP contribution in [0.15, 0.2) is 103 Å². The predicted octanol–water partition coefficient (Wildman–Crippen LogP) is 8.29. The molecule has 4 aromatic carbocycles.